The topological polar surface area (TPSA) is 74.2 Å². The Morgan fingerprint density at radius 2 is 2.17 bits per heavy atom. The molecule has 0 amide bonds. The Morgan fingerprint density at radius 1 is 1.28 bits per heavy atom. The molecule has 0 atom stereocenters. The lowest BCUT2D eigenvalue weighted by Gasteiger charge is -2.05. The number of fused-ring (bicyclic) bond motifs is 1. The van der Waals surface area contributed by atoms with Crippen LogP contribution in [0.2, 0.25) is 0 Å². The van der Waals surface area contributed by atoms with Crippen LogP contribution in [0.5, 0.6) is 5.75 Å². The Labute approximate surface area is 103 Å². The fraction of sp³-hybridized carbons (Fsp3) is 0.0769. The molecule has 2 aromatic heterocycles. The summed E-state index contributed by atoms with van der Waals surface area (Å²) in [7, 11) is 1.59. The normalized spacial score (nSPS) is 10.7. The number of oxazole rings is 1. The van der Waals surface area contributed by atoms with Gasteiger partial charge in [0, 0.05) is 11.9 Å². The predicted molar refractivity (Wildman–Crippen MR) is 68.2 cm³/mol. The van der Waals surface area contributed by atoms with E-state index < -0.39 is 0 Å². The van der Waals surface area contributed by atoms with Gasteiger partial charge in [-0.1, -0.05) is 0 Å². The molecular weight excluding hydrogens is 230 g/mol. The largest absolute Gasteiger partial charge is 0.496 e. The van der Waals surface area contributed by atoms with Gasteiger partial charge in [0.2, 0.25) is 5.89 Å². The number of methoxy groups -OCH3 is 1. The van der Waals surface area contributed by atoms with Crippen molar-refractivity contribution >= 4 is 16.9 Å². The number of nitrogens with zero attached hydrogens (tertiary/aromatic N) is 2. The monoisotopic (exact) mass is 241 g/mol. The zero-order valence-corrected chi connectivity index (χ0v) is 9.75. The summed E-state index contributed by atoms with van der Waals surface area (Å²) in [6.45, 7) is 0. The van der Waals surface area contributed by atoms with Crippen LogP contribution in [0.25, 0.3) is 22.7 Å². The summed E-state index contributed by atoms with van der Waals surface area (Å²) >= 11 is 0. The average Bonchev–Trinajstić information content (AvgIpc) is 2.82. The van der Waals surface area contributed by atoms with Gasteiger partial charge in [-0.25, -0.2) is 4.98 Å². The van der Waals surface area contributed by atoms with Crippen molar-refractivity contribution in [2.75, 3.05) is 12.8 Å². The summed E-state index contributed by atoms with van der Waals surface area (Å²) in [6, 6.07) is 8.94. The van der Waals surface area contributed by atoms with Crippen molar-refractivity contribution in [3.05, 3.63) is 36.5 Å². The third-order valence-corrected chi connectivity index (χ3v) is 2.62. The molecule has 0 aliphatic rings. The molecule has 0 spiro atoms. The lowest BCUT2D eigenvalue weighted by Crippen LogP contribution is -1.91. The molecule has 2 N–H and O–H groups in total. The van der Waals surface area contributed by atoms with Gasteiger partial charge in [-0.2, -0.15) is 4.98 Å². The number of benzene rings is 1. The average molecular weight is 241 g/mol. The molecule has 90 valence electrons. The number of rotatable bonds is 2. The number of aromatic nitrogens is 2. The van der Waals surface area contributed by atoms with E-state index in [1.165, 1.54) is 0 Å². The van der Waals surface area contributed by atoms with Crippen molar-refractivity contribution < 1.29 is 9.15 Å². The Morgan fingerprint density at radius 3 is 2.94 bits per heavy atom. The molecule has 18 heavy (non-hydrogen) atoms. The molecule has 3 rings (SSSR count). The molecule has 3 aromatic rings. The Kier molecular flexibility index (Phi) is 2.37. The zero-order chi connectivity index (χ0) is 12.5. The minimum absolute atomic E-state index is 0.452. The highest BCUT2D eigenvalue weighted by Gasteiger charge is 2.13. The SMILES string of the molecule is COc1ccc(N)cc1-c1nc2ncccc2o1. The minimum Gasteiger partial charge on any atom is -0.496 e. The van der Waals surface area contributed by atoms with Gasteiger partial charge in [-0.3, -0.25) is 0 Å². The molecule has 0 unspecified atom stereocenters. The summed E-state index contributed by atoms with van der Waals surface area (Å²) in [4.78, 5) is 8.45. The molecule has 0 saturated carbocycles. The lowest BCUT2D eigenvalue weighted by atomic mass is 10.2. The van der Waals surface area contributed by atoms with Gasteiger partial charge >= 0.3 is 0 Å². The molecule has 0 aliphatic heterocycles. The fourth-order valence-corrected chi connectivity index (χ4v) is 1.78. The first-order chi connectivity index (χ1) is 8.78. The maximum atomic E-state index is 5.77. The van der Waals surface area contributed by atoms with Gasteiger partial charge in [-0.15, -0.1) is 0 Å². The van der Waals surface area contributed by atoms with E-state index in [-0.39, 0.29) is 0 Å². The van der Waals surface area contributed by atoms with Crippen LogP contribution in [0.1, 0.15) is 0 Å². The third-order valence-electron chi connectivity index (χ3n) is 2.62. The second kappa shape index (κ2) is 4.03. The Bertz CT molecular complexity index is 673. The number of anilines is 1. The first kappa shape index (κ1) is 10.6. The van der Waals surface area contributed by atoms with E-state index in [1.807, 2.05) is 6.07 Å². The van der Waals surface area contributed by atoms with Crippen molar-refractivity contribution in [2.24, 2.45) is 0 Å². The highest BCUT2D eigenvalue weighted by atomic mass is 16.5. The summed E-state index contributed by atoms with van der Waals surface area (Å²) in [5.74, 6) is 1.11. The van der Waals surface area contributed by atoms with Crippen LogP contribution in [-0.4, -0.2) is 17.1 Å². The van der Waals surface area contributed by atoms with Crippen LogP contribution in [0.15, 0.2) is 40.9 Å². The maximum Gasteiger partial charge on any atom is 0.232 e. The Balaban J connectivity index is 2.22. The molecule has 0 fully saturated rings. The number of nitrogens with two attached hydrogens (primary N) is 1. The number of hydrogen-bond donors (Lipinski definition) is 1. The van der Waals surface area contributed by atoms with Gasteiger partial charge in [0.25, 0.3) is 0 Å². The van der Waals surface area contributed by atoms with Crippen molar-refractivity contribution in [1.29, 1.82) is 0 Å². The molecule has 5 heteroatoms. The number of nitrogen functional groups attached to an aromatic ring is 1. The van der Waals surface area contributed by atoms with Gasteiger partial charge in [0.15, 0.2) is 11.2 Å². The molecule has 1 aromatic carbocycles. The van der Waals surface area contributed by atoms with E-state index >= 15 is 0 Å². The van der Waals surface area contributed by atoms with Crippen molar-refractivity contribution in [1.82, 2.24) is 9.97 Å². The first-order valence-corrected chi connectivity index (χ1v) is 5.43. The number of pyridine rings is 1. The van der Waals surface area contributed by atoms with Gasteiger partial charge in [0.1, 0.15) is 5.75 Å². The molecule has 0 bridgehead atoms. The summed E-state index contributed by atoms with van der Waals surface area (Å²) < 4.78 is 10.9. The van der Waals surface area contributed by atoms with Crippen LogP contribution in [-0.2, 0) is 0 Å². The predicted octanol–water partition coefficient (Wildman–Crippen LogP) is 2.48. The fourth-order valence-electron chi connectivity index (χ4n) is 1.78. The van der Waals surface area contributed by atoms with E-state index in [9.17, 15) is 0 Å². The molecule has 0 saturated heterocycles. The minimum atomic E-state index is 0.452. The van der Waals surface area contributed by atoms with Crippen molar-refractivity contribution in [3.63, 3.8) is 0 Å². The van der Waals surface area contributed by atoms with Gasteiger partial charge in [0.05, 0.1) is 12.7 Å². The summed E-state index contributed by atoms with van der Waals surface area (Å²) in [6.07, 6.45) is 1.67. The first-order valence-electron chi connectivity index (χ1n) is 5.43. The quantitative estimate of drug-likeness (QED) is 0.697. The molecule has 0 aliphatic carbocycles. The highest BCUT2D eigenvalue weighted by molar-refractivity contribution is 5.75. The van der Waals surface area contributed by atoms with E-state index in [0.717, 1.165) is 5.56 Å². The second-order valence-electron chi connectivity index (χ2n) is 3.80. The molecule has 0 radical (unpaired) electrons. The third kappa shape index (κ3) is 1.66. The van der Waals surface area contributed by atoms with Crippen molar-refractivity contribution in [2.45, 2.75) is 0 Å². The number of ether oxygens (including phenoxy) is 1. The van der Waals surface area contributed by atoms with Crippen molar-refractivity contribution in [3.8, 4) is 17.2 Å². The van der Waals surface area contributed by atoms with Crippen LogP contribution in [0, 0.1) is 0 Å². The van der Waals surface area contributed by atoms with Crippen LogP contribution < -0.4 is 10.5 Å². The van der Waals surface area contributed by atoms with E-state index in [4.69, 9.17) is 14.9 Å². The maximum absolute atomic E-state index is 5.77. The van der Waals surface area contributed by atoms with Crippen LogP contribution in [0.4, 0.5) is 5.69 Å². The molecule has 5 nitrogen and oxygen atoms in total. The van der Waals surface area contributed by atoms with Crippen LogP contribution >= 0.6 is 0 Å². The van der Waals surface area contributed by atoms with Gasteiger partial charge < -0.3 is 14.9 Å². The van der Waals surface area contributed by atoms with Crippen LogP contribution in [0.3, 0.4) is 0 Å². The summed E-state index contributed by atoms with van der Waals surface area (Å²) in [5, 5.41) is 0. The summed E-state index contributed by atoms with van der Waals surface area (Å²) in [5.41, 5.74) is 8.32. The standard InChI is InChI=1S/C13H11N3O2/c1-17-10-5-4-8(14)7-9(10)13-16-12-11(18-13)3-2-6-15-12/h2-7H,14H2,1H3. The zero-order valence-electron chi connectivity index (χ0n) is 9.75. The number of hydrogen-bond acceptors (Lipinski definition) is 5. The second-order valence-corrected chi connectivity index (χ2v) is 3.80. The van der Waals surface area contributed by atoms with E-state index in [1.54, 1.807) is 37.6 Å². The van der Waals surface area contributed by atoms with Gasteiger partial charge in [-0.05, 0) is 30.3 Å². The Hall–Kier alpha value is -2.56. The smallest absolute Gasteiger partial charge is 0.232 e. The molecular formula is C13H11N3O2. The van der Waals surface area contributed by atoms with E-state index in [2.05, 4.69) is 9.97 Å². The molecule has 2 heterocycles. The van der Waals surface area contributed by atoms with E-state index in [0.29, 0.717) is 28.6 Å². The lowest BCUT2D eigenvalue weighted by molar-refractivity contribution is 0.415. The highest BCUT2D eigenvalue weighted by Crippen LogP contribution is 2.32.